The van der Waals surface area contributed by atoms with Gasteiger partial charge >= 0.3 is 24.2 Å². The average molecular weight is 2150 g/mol. The number of ether oxygens (including phenoxy) is 6. The molecule has 12 heterocycles. The zero-order chi connectivity index (χ0) is 173. The Labute approximate surface area is 936 Å². The molecule has 37 nitrogen and oxygen atoms in total. The van der Waals surface area contributed by atoms with E-state index in [9.17, 15) is 30.8 Å². The number of phenols is 1. The number of nitrogens with two attached hydrogens (primary N) is 3. The molecule has 3 aliphatic heterocycles. The molecule has 3 saturated heterocycles. The number of hydrogen-bond donors (Lipinski definition) is 9. The molecule has 9 atom stereocenters. The second kappa shape index (κ2) is 39.6. The third kappa shape index (κ3) is 20.5. The number of rotatable bonds is 17. The maximum absolute atomic E-state index is 15.2. The summed E-state index contributed by atoms with van der Waals surface area (Å²) in [6, 6.07) is 37.8. The number of carbonyl (C=O) groups is 2. The number of halogens is 3. The molecule has 144 heavy (non-hydrogen) atoms. The Morgan fingerprint density at radius 3 is 1.34 bits per heavy atom. The number of amides is 2. The first-order valence-electron chi connectivity index (χ1n) is 82.4. The van der Waals surface area contributed by atoms with Crippen molar-refractivity contribution >= 4 is 159 Å². The van der Waals surface area contributed by atoms with Crippen LogP contribution in [0.3, 0.4) is 0 Å². The van der Waals surface area contributed by atoms with Crippen molar-refractivity contribution in [3.05, 3.63) is 206 Å². The number of carbonyl (C=O) groups excluding carboxylic acids is 2. The van der Waals surface area contributed by atoms with Crippen molar-refractivity contribution in [2.24, 2.45) is 52.7 Å². The SMILES string of the molecule is C.CN(C(=O)OC(C)(C)C)c1cc(F)cc2c1[nH]c1nc(Oc3ccc4cncnc4c3)nc(N3C[C@H]4C[C@@H](N)[C@H]4C3)c12.CNc1cc(F)cc2c1[nH]c1nc(Oc3ccc4cncnc4c3)nc(N3C[C@H]4C[C@@H](N)[C@H]4C3)c12.COc1ccc(CS(=O)(=O)c2nc(S(=O)(=O)Cc3ccc(OC)cc3)c3c(n2)[nH]c2c(N(C)C(=O)OC(C)(C)C)cc(F)cc23)cc1.N[C@@H]1C[C@@H]2CNC[C@@H]21.Oc1ccc2cncnc2c1.[2H][2H].[2H][2H].[2H][2H].[2H][2H].[2H][2H].[2H][2H].[2H][2H].[2H][2H].[2H][2H].[2H][2H].[2H][2H].[2H][2H].[2H][2H].[2H][2H].[2H][2H].[2H][2H].[2H][2H].[2H][2H].[2H][2H].[2H][2H].[2H][2H].[2H][2H].[2H][2H].[2H][2H].[2H][2H].[2H][2H].[2H][2H].[2H][2H].[2H][2H].[2H][2H].[2H][2H].[2H][2H].[2H][2H].[2H][2H].[2H][2H].[2H][2H]. The number of aromatic amines is 3. The highest BCUT2D eigenvalue weighted by Gasteiger charge is 2.48. The highest BCUT2D eigenvalue weighted by Crippen LogP contribution is 2.49. The van der Waals surface area contributed by atoms with Crippen LogP contribution in [0.25, 0.3) is 98.5 Å². The first kappa shape index (κ1) is 63.7. The van der Waals surface area contributed by atoms with Crippen LogP contribution in [0, 0.1) is 53.0 Å². The Morgan fingerprint density at radius 1 is 0.500 bits per heavy atom. The van der Waals surface area contributed by atoms with Crippen LogP contribution in [0.4, 0.5) is 51.5 Å². The molecule has 0 bridgehead atoms. The van der Waals surface area contributed by atoms with Crippen LogP contribution in [0.5, 0.6) is 40.8 Å². The van der Waals surface area contributed by atoms with Crippen molar-refractivity contribution in [3.63, 3.8) is 0 Å². The van der Waals surface area contributed by atoms with Crippen LogP contribution in [-0.4, -0.2) is 213 Å². The van der Waals surface area contributed by atoms with Gasteiger partial charge in [-0.2, -0.15) is 19.9 Å². The Kier molecular flexibility index (Phi) is 17.5. The number of aromatic nitrogens is 15. The monoisotopic (exact) mass is 2140 g/mol. The minimum absolute atomic E-state index is 0. The molecule has 6 fully saturated rings. The fraction of sp³-hybridized carbons (Fsp3) is 0.333. The summed E-state index contributed by atoms with van der Waals surface area (Å²) in [7, 11) is -1.07. The summed E-state index contributed by atoms with van der Waals surface area (Å²) < 4.78 is 494. The van der Waals surface area contributed by atoms with Crippen LogP contribution in [-0.2, 0) is 40.7 Å². The molecule has 9 aromatic heterocycles. The van der Waals surface area contributed by atoms with Gasteiger partial charge in [0.1, 0.15) is 105 Å². The van der Waals surface area contributed by atoms with Crippen LogP contribution >= 0.6 is 0 Å². The second-order valence-corrected chi connectivity index (χ2v) is 42.3. The molecule has 820 valence electrons. The third-order valence-electron chi connectivity index (χ3n) is 26.5. The van der Waals surface area contributed by atoms with Crippen LogP contribution in [0.1, 0.15) is 186 Å². The second-order valence-electron chi connectivity index (χ2n) is 38.5. The predicted molar refractivity (Wildman–Crippen MR) is 620 cm³/mol. The number of nitrogens with one attached hydrogen (secondary N) is 5. The number of anilines is 5. The summed E-state index contributed by atoms with van der Waals surface area (Å²) in [5.74, 6) is 4.60. The summed E-state index contributed by atoms with van der Waals surface area (Å²) in [5, 5.41) is 19.5. The highest BCUT2D eigenvalue weighted by molar-refractivity contribution is 7.91. The lowest BCUT2D eigenvalue weighted by Crippen LogP contribution is -2.46. The van der Waals surface area contributed by atoms with Crippen molar-refractivity contribution in [2.45, 2.75) is 119 Å². The Hall–Kier alpha value is -15.1. The van der Waals surface area contributed by atoms with E-state index in [-0.39, 0.29) is 70.7 Å². The molecule has 8 aromatic carbocycles. The van der Waals surface area contributed by atoms with E-state index in [2.05, 4.69) is 80.2 Å². The van der Waals surface area contributed by atoms with Gasteiger partial charge in [0, 0.05) is 241 Å². The summed E-state index contributed by atoms with van der Waals surface area (Å²) >= 11 is 0. The van der Waals surface area contributed by atoms with Gasteiger partial charge < -0.3 is 86.1 Å². The summed E-state index contributed by atoms with van der Waals surface area (Å²) in [4.78, 5) is 94.3. The standard InChI is InChI=1S/C32H33FN4O8S2.C30H31FN8O3.C25H23FN8O.C8H6N2O.C6H12N2.CH4.36H2/c1-32(2,3)45-31(38)37(4)25-16-21(33)15-24-26-28(34-27(24)25)35-30(47(41,42)18-20-9-13-23(44-6)14-10-20)36-29(26)46(39,40)17-19-7-11-22(43-5)12-8-19;1-30(2,3)42-29(40)38(4)23-9-17(31)8-19-24-26(35-25(19)23)36-28(37-27(24)39-12-16-7-21(32)20(16)13-39)41-18-6-5-15-11-33-14-34-22(15)10-18;1-28-20-6-14(26)5-16-21-23(31-22(16)20)32-25(33-24(21)34-9-13-4-18(27)17(13)10-34)35-15-3-2-12-8-29-11-30-19(12)7-15;11-7-2-1-6-4-9-5-10-8(6)3-7;7-6-1-4-2-8-3-5(4)6;;;;;;;;;;;;;;;;;;;;;;;;;;;;;;;;;;;;;/h7-16H,17-18H2,1-6H3,(H,34,35,36);5-6,8-11,14,16,20-21H,7,12-13,32H2,1-4H3,(H,35,36,37);2-3,5-8,11,13,17-18,28H,4,9-10,27H2,1H3,(H,31,32,33);1-5,11H;4-6,8H,1-3,7H2;1H4;36*1H/t;16-,20+,21-;13-,17+,18-;;4-,5+,6-;;;;;;;;;;;;;;;;;;;;;;;;;;;;;;;;;;;;;/m.11.1...................................../s1/i;;;;;;36*1+1D. The van der Waals surface area contributed by atoms with Gasteiger partial charge in [-0.3, -0.25) is 9.80 Å². The predicted octanol–water partition coefficient (Wildman–Crippen LogP) is 24.9. The van der Waals surface area contributed by atoms with Crippen molar-refractivity contribution in [2.75, 3.05) is 99.5 Å². The first-order chi connectivity index (χ1) is 104. The van der Waals surface area contributed by atoms with Gasteiger partial charge in [0.15, 0.2) is 5.03 Å². The molecule has 3 saturated carbocycles. The van der Waals surface area contributed by atoms with Gasteiger partial charge in [0.05, 0.1) is 92.0 Å². The summed E-state index contributed by atoms with van der Waals surface area (Å²) in [6.45, 7) is 15.9. The minimum atomic E-state index is -4.39. The molecule has 6 aliphatic rings. The molecule has 12 N–H and O–H groups in total. The van der Waals surface area contributed by atoms with Crippen LogP contribution < -0.4 is 66.4 Å². The van der Waals surface area contributed by atoms with E-state index in [1.165, 1.54) is 88.9 Å². The summed E-state index contributed by atoms with van der Waals surface area (Å²) in [5.41, 5.74) is 23.0. The molecule has 2 amide bonds. The largest absolute Gasteiger partial charge is 0.508 e. The lowest BCUT2D eigenvalue weighted by molar-refractivity contribution is 0.0579. The lowest BCUT2D eigenvalue weighted by Gasteiger charge is -2.36. The third-order valence-corrected chi connectivity index (χ3v) is 29.6. The molecule has 42 heteroatoms. The molecule has 0 unspecified atom stereocenters. The van der Waals surface area contributed by atoms with Crippen molar-refractivity contribution < 1.29 is 180 Å². The number of nitrogens with zero attached hydrogens (tertiary/aromatic N) is 16. The van der Waals surface area contributed by atoms with E-state index in [1.807, 2.05) is 30.3 Å². The number of phenolic OH excluding ortho intramolecular Hbond substituents is 1. The van der Waals surface area contributed by atoms with E-state index in [4.69, 9.17) is 173 Å². The van der Waals surface area contributed by atoms with Gasteiger partial charge in [0.25, 0.3) is 5.16 Å². The quantitative estimate of drug-likeness (QED) is 0.0302. The van der Waals surface area contributed by atoms with Gasteiger partial charge in [-0.15, -0.1) is 0 Å². The molecule has 3 aliphatic carbocycles. The van der Waals surface area contributed by atoms with E-state index >= 15 is 8.78 Å². The van der Waals surface area contributed by atoms with Crippen LogP contribution in [0.15, 0.2) is 187 Å². The Morgan fingerprint density at radius 2 is 0.910 bits per heavy atom. The zero-order valence-electron chi connectivity index (χ0n) is 152. The number of hydrogen-bond acceptors (Lipinski definition) is 32. The van der Waals surface area contributed by atoms with Gasteiger partial charge in [0.2, 0.25) is 19.7 Å². The maximum atomic E-state index is 15.2. The zero-order valence-corrected chi connectivity index (χ0v) is 81.5. The number of H-pyrrole nitrogens is 3. The molecule has 0 radical (unpaired) electrons. The average Bonchev–Trinajstić information content (AvgIpc) is 1.58. The van der Waals surface area contributed by atoms with Crippen molar-refractivity contribution in [3.8, 4) is 40.8 Å². The fourth-order valence-electron chi connectivity index (χ4n) is 19.2. The summed E-state index contributed by atoms with van der Waals surface area (Å²) in [6.07, 6.45) is 11.5. The normalized spacial score (nSPS) is 20.8. The lowest BCUT2D eigenvalue weighted by atomic mass is 9.72. The molecule has 17 aromatic rings. The number of benzene rings is 8. The fourth-order valence-corrected chi connectivity index (χ4v) is 22.0. The van der Waals surface area contributed by atoms with E-state index < -0.39 is 76.4 Å². The van der Waals surface area contributed by atoms with Crippen molar-refractivity contribution in [1.82, 2.24) is 80.1 Å². The first-order valence-corrected chi connectivity index (χ1v) is 49.7. The number of aromatic hydroxyl groups is 1. The molecule has 23 rings (SSSR count). The van der Waals surface area contributed by atoms with E-state index in [1.54, 1.807) is 147 Å². The van der Waals surface area contributed by atoms with Gasteiger partial charge in [-0.1, -0.05) is 31.7 Å². The Bertz CT molecular complexity index is 8240. The van der Waals surface area contributed by atoms with Crippen LogP contribution in [0.2, 0.25) is 0 Å². The number of fused-ring (bicyclic) bond motifs is 15. The van der Waals surface area contributed by atoms with Gasteiger partial charge in [-0.05, 0) is 218 Å². The highest BCUT2D eigenvalue weighted by atomic mass is 32.2. The molecule has 0 spiro atoms. The van der Waals surface area contributed by atoms with E-state index in [0.29, 0.717) is 109 Å². The van der Waals surface area contributed by atoms with Gasteiger partial charge in [-0.25, -0.2) is 79.5 Å². The Balaban J connectivity index is -0.000000124. The number of sulfone groups is 2. The smallest absolute Gasteiger partial charge is 0.414 e. The topological polar surface area (TPSA) is 495 Å². The minimum Gasteiger partial charge on any atom is -0.508 e. The molecular formula is C102H181F3N24O13S2. The number of methoxy groups -OCH3 is 2. The van der Waals surface area contributed by atoms with Crippen molar-refractivity contribution in [1.29, 1.82) is 0 Å². The molecular weight excluding hydrogens is 1890 g/mol. The maximum Gasteiger partial charge on any atom is 0.414 e. The van der Waals surface area contributed by atoms with E-state index in [0.717, 1.165) is 123 Å².